The smallest absolute Gasteiger partial charge is 0.185 e. The summed E-state index contributed by atoms with van der Waals surface area (Å²) in [5.74, 6) is -2.14. The number of carbonyl (C=O) groups excluding carboxylic acids is 3. The molecule has 4 nitrogen and oxygen atoms in total. The molecule has 39 heavy (non-hydrogen) atoms. The molecule has 1 fully saturated rings. The van der Waals surface area contributed by atoms with E-state index in [9.17, 15) is 18.8 Å². The number of rotatable bonds is 3. The normalized spacial score (nSPS) is 22.1. The average Bonchev–Trinajstić information content (AvgIpc) is 3.39. The fraction of sp³-hybridized carbons (Fsp3) is 0.121. The van der Waals surface area contributed by atoms with Gasteiger partial charge in [-0.15, -0.1) is 0 Å². The fourth-order valence-corrected chi connectivity index (χ4v) is 6.99. The number of carbonyl (C=O) groups is 3. The Kier molecular flexibility index (Phi) is 5.23. The van der Waals surface area contributed by atoms with Crippen molar-refractivity contribution in [2.24, 2.45) is 5.41 Å². The van der Waals surface area contributed by atoms with E-state index >= 15 is 0 Å². The number of ketones is 3. The predicted octanol–water partition coefficient (Wildman–Crippen LogP) is 6.80. The number of hydrogen-bond acceptors (Lipinski definition) is 4. The van der Waals surface area contributed by atoms with E-state index in [1.807, 2.05) is 17.0 Å². The summed E-state index contributed by atoms with van der Waals surface area (Å²) in [7, 11) is 0. The van der Waals surface area contributed by atoms with E-state index < -0.39 is 29.2 Å². The van der Waals surface area contributed by atoms with Gasteiger partial charge in [-0.2, -0.15) is 0 Å². The van der Waals surface area contributed by atoms with E-state index in [1.54, 1.807) is 84.9 Å². The van der Waals surface area contributed by atoms with E-state index in [1.165, 1.54) is 12.1 Å². The Morgan fingerprint density at radius 3 is 2.21 bits per heavy atom. The maximum absolute atomic E-state index is 14.5. The second-order valence-electron chi connectivity index (χ2n) is 10.2. The molecule has 1 unspecified atom stereocenters. The highest BCUT2D eigenvalue weighted by atomic mass is 35.5. The second-order valence-corrected chi connectivity index (χ2v) is 10.6. The molecule has 3 aliphatic rings. The number of hydrogen-bond donors (Lipinski definition) is 0. The van der Waals surface area contributed by atoms with Crippen LogP contribution >= 0.6 is 11.6 Å². The van der Waals surface area contributed by atoms with Crippen LogP contribution in [0.1, 0.15) is 48.1 Å². The van der Waals surface area contributed by atoms with E-state index in [2.05, 4.69) is 0 Å². The van der Waals surface area contributed by atoms with Crippen molar-refractivity contribution in [2.45, 2.75) is 18.0 Å². The van der Waals surface area contributed by atoms with Crippen LogP contribution in [0.4, 0.5) is 10.1 Å². The number of Topliss-reactive ketones (excluding diaryl/α,β-unsaturated/α-hetero) is 3. The lowest BCUT2D eigenvalue weighted by Crippen LogP contribution is -2.48. The first kappa shape index (κ1) is 23.7. The summed E-state index contributed by atoms with van der Waals surface area (Å²) in [6.07, 6.45) is 3.52. The van der Waals surface area contributed by atoms with Crippen molar-refractivity contribution in [3.8, 4) is 0 Å². The summed E-state index contributed by atoms with van der Waals surface area (Å²) in [5.41, 5.74) is 1.33. The monoisotopic (exact) mass is 533 g/mol. The molecule has 4 aromatic rings. The van der Waals surface area contributed by atoms with Crippen molar-refractivity contribution >= 4 is 40.7 Å². The highest BCUT2D eigenvalue weighted by molar-refractivity contribution is 6.32. The van der Waals surface area contributed by atoms with Gasteiger partial charge in [-0.05, 0) is 35.9 Å². The van der Waals surface area contributed by atoms with Crippen LogP contribution < -0.4 is 4.90 Å². The van der Waals surface area contributed by atoms with Crippen LogP contribution in [0.5, 0.6) is 0 Å². The summed E-state index contributed by atoms with van der Waals surface area (Å²) in [4.78, 5) is 45.4. The van der Waals surface area contributed by atoms with E-state index in [4.69, 9.17) is 11.6 Å². The zero-order valence-electron chi connectivity index (χ0n) is 20.6. The van der Waals surface area contributed by atoms with Gasteiger partial charge in [-0.3, -0.25) is 14.4 Å². The number of nitrogens with zero attached hydrogens (tertiary/aromatic N) is 1. The molecule has 6 heteroatoms. The van der Waals surface area contributed by atoms with Crippen LogP contribution in [0.15, 0.2) is 103 Å². The zero-order valence-corrected chi connectivity index (χ0v) is 21.3. The van der Waals surface area contributed by atoms with Gasteiger partial charge in [0.1, 0.15) is 17.3 Å². The summed E-state index contributed by atoms with van der Waals surface area (Å²) in [5, 5.41) is 0.437. The highest BCUT2D eigenvalue weighted by Crippen LogP contribution is 2.61. The van der Waals surface area contributed by atoms with Gasteiger partial charge >= 0.3 is 0 Å². The largest absolute Gasteiger partial charge is 0.352 e. The molecule has 0 radical (unpaired) electrons. The first-order valence-corrected chi connectivity index (χ1v) is 13.1. The molecular formula is C33H21ClFNO3. The number of benzene rings is 4. The first-order chi connectivity index (χ1) is 18.9. The highest BCUT2D eigenvalue weighted by Gasteiger charge is 2.71. The van der Waals surface area contributed by atoms with Crippen molar-refractivity contribution in [1.82, 2.24) is 0 Å². The maximum Gasteiger partial charge on any atom is 0.185 e. The number of anilines is 1. The van der Waals surface area contributed by atoms with Crippen LogP contribution in [0.25, 0.3) is 6.08 Å². The van der Waals surface area contributed by atoms with Crippen molar-refractivity contribution in [3.05, 3.63) is 142 Å². The first-order valence-electron chi connectivity index (χ1n) is 12.7. The molecule has 0 N–H and O–H groups in total. The van der Waals surface area contributed by atoms with Crippen LogP contribution in [0, 0.1) is 11.2 Å². The summed E-state index contributed by atoms with van der Waals surface area (Å²) in [6, 6.07) is 25.4. The Hall–Kier alpha value is -4.35. The third-order valence-corrected chi connectivity index (χ3v) is 8.54. The van der Waals surface area contributed by atoms with E-state index in [0.717, 1.165) is 0 Å². The Morgan fingerprint density at radius 2 is 1.51 bits per heavy atom. The van der Waals surface area contributed by atoms with Crippen molar-refractivity contribution in [3.63, 3.8) is 0 Å². The van der Waals surface area contributed by atoms with Gasteiger partial charge < -0.3 is 4.90 Å². The van der Waals surface area contributed by atoms with E-state index in [-0.39, 0.29) is 17.3 Å². The molecule has 190 valence electrons. The average molecular weight is 534 g/mol. The topological polar surface area (TPSA) is 54.5 Å². The van der Waals surface area contributed by atoms with Crippen LogP contribution in [-0.4, -0.2) is 29.4 Å². The van der Waals surface area contributed by atoms with Crippen molar-refractivity contribution in [1.29, 1.82) is 0 Å². The lowest BCUT2D eigenvalue weighted by atomic mass is 9.64. The number of halogens is 2. The lowest BCUT2D eigenvalue weighted by molar-refractivity contribution is 0.0666. The molecular weight excluding hydrogens is 513 g/mol. The van der Waals surface area contributed by atoms with Gasteiger partial charge in [0.25, 0.3) is 0 Å². The summed E-state index contributed by atoms with van der Waals surface area (Å²) in [6.45, 7) is 0. The molecule has 0 aromatic heterocycles. The number of fused-ring (bicyclic) bond motifs is 5. The molecule has 0 saturated carbocycles. The SMILES string of the molecule is O=C(c1ccccc1)[C@@H]1[C@@H](c2cccc(Cl)c2)C2(C(=O)c3ccccc3C2=O)C2C=Cc3cc(F)ccc3N21. The molecule has 4 aromatic carbocycles. The minimum atomic E-state index is -1.62. The molecule has 1 saturated heterocycles. The third kappa shape index (κ3) is 3.20. The van der Waals surface area contributed by atoms with Gasteiger partial charge in [0, 0.05) is 38.9 Å². The van der Waals surface area contributed by atoms with E-state index in [0.29, 0.717) is 38.5 Å². The molecule has 1 spiro atoms. The van der Waals surface area contributed by atoms with Crippen LogP contribution in [0.3, 0.4) is 0 Å². The summed E-state index contributed by atoms with van der Waals surface area (Å²) >= 11 is 6.45. The van der Waals surface area contributed by atoms with Gasteiger partial charge in [0.05, 0.1) is 6.04 Å². The minimum absolute atomic E-state index is 0.232. The van der Waals surface area contributed by atoms with Crippen molar-refractivity contribution < 1.29 is 18.8 Å². The molecule has 1 aliphatic carbocycles. The maximum atomic E-state index is 14.5. The Balaban J connectivity index is 1.56. The Labute approximate surface area is 229 Å². The van der Waals surface area contributed by atoms with Gasteiger partial charge in [-0.25, -0.2) is 4.39 Å². The molecule has 2 heterocycles. The predicted molar refractivity (Wildman–Crippen MR) is 148 cm³/mol. The van der Waals surface area contributed by atoms with Gasteiger partial charge in [0.2, 0.25) is 0 Å². The van der Waals surface area contributed by atoms with Gasteiger partial charge in [0.15, 0.2) is 17.3 Å². The third-order valence-electron chi connectivity index (χ3n) is 8.30. The van der Waals surface area contributed by atoms with Crippen molar-refractivity contribution in [2.75, 3.05) is 4.90 Å². The molecule has 7 rings (SSSR count). The van der Waals surface area contributed by atoms with Gasteiger partial charge in [-0.1, -0.05) is 90.5 Å². The molecule has 0 bridgehead atoms. The summed E-state index contributed by atoms with van der Waals surface area (Å²) < 4.78 is 14.3. The second kappa shape index (κ2) is 8.58. The quantitative estimate of drug-likeness (QED) is 0.215. The fourth-order valence-electron chi connectivity index (χ4n) is 6.79. The standard InChI is InChI=1S/C33H21ClFNO3/c34-22-10-6-9-21(17-22)28-29(30(37)19-7-2-1-3-8-19)36-26-15-14-23(35)18-20(26)13-16-27(36)33(28)31(38)24-11-4-5-12-25(24)32(33)39/h1-18,27-29H/t27?,28-,29+/m1/s1. The molecule has 2 aliphatic heterocycles. The lowest BCUT2D eigenvalue weighted by Gasteiger charge is -2.37. The Morgan fingerprint density at radius 1 is 0.821 bits per heavy atom. The minimum Gasteiger partial charge on any atom is -0.352 e. The molecule has 0 amide bonds. The van der Waals surface area contributed by atoms with Crippen LogP contribution in [-0.2, 0) is 0 Å². The van der Waals surface area contributed by atoms with Crippen LogP contribution in [0.2, 0.25) is 5.02 Å². The Bertz CT molecular complexity index is 1700. The zero-order chi connectivity index (χ0) is 26.9. The molecule has 3 atom stereocenters.